The Labute approximate surface area is 162 Å². The van der Waals surface area contributed by atoms with Crippen LogP contribution >= 0.6 is 0 Å². The Morgan fingerprint density at radius 1 is 0.750 bits per heavy atom. The van der Waals surface area contributed by atoms with Gasteiger partial charge < -0.3 is 20.1 Å². The van der Waals surface area contributed by atoms with Crippen molar-refractivity contribution >= 4 is 23.2 Å². The van der Waals surface area contributed by atoms with Crippen molar-refractivity contribution in [1.29, 1.82) is 0 Å². The van der Waals surface area contributed by atoms with Crippen LogP contribution in [-0.2, 0) is 14.3 Å². The molecule has 7 heteroatoms. The molecule has 0 spiro atoms. The Bertz CT molecular complexity index is 900. The molecule has 0 aliphatic carbocycles. The molecule has 1 heterocycles. The standard InChI is InChI=1S/C21H19N3O4/c25-20(14-27-15-21(26)24-17-5-4-12-22-13-17)23-16-8-10-19(11-9-16)28-18-6-2-1-3-7-18/h1-13H,14-15H2,(H,23,25)(H,24,26). The predicted molar refractivity (Wildman–Crippen MR) is 105 cm³/mol. The summed E-state index contributed by atoms with van der Waals surface area (Å²) in [7, 11) is 0. The Kier molecular flexibility index (Phi) is 6.70. The van der Waals surface area contributed by atoms with E-state index in [-0.39, 0.29) is 25.0 Å². The lowest BCUT2D eigenvalue weighted by Gasteiger charge is -2.09. The van der Waals surface area contributed by atoms with Crippen molar-refractivity contribution in [1.82, 2.24) is 4.98 Å². The molecule has 0 aliphatic heterocycles. The highest BCUT2D eigenvalue weighted by molar-refractivity contribution is 5.93. The van der Waals surface area contributed by atoms with Crippen molar-refractivity contribution in [2.75, 3.05) is 23.8 Å². The molecule has 1 aromatic heterocycles. The Balaban J connectivity index is 1.39. The van der Waals surface area contributed by atoms with Crippen LogP contribution in [0.5, 0.6) is 11.5 Å². The highest BCUT2D eigenvalue weighted by Crippen LogP contribution is 2.22. The van der Waals surface area contributed by atoms with Gasteiger partial charge in [0, 0.05) is 11.9 Å². The summed E-state index contributed by atoms with van der Waals surface area (Å²) < 4.78 is 10.8. The number of benzene rings is 2. The number of amides is 2. The molecule has 0 fully saturated rings. The highest BCUT2D eigenvalue weighted by Gasteiger charge is 2.07. The van der Waals surface area contributed by atoms with E-state index in [1.165, 1.54) is 6.20 Å². The van der Waals surface area contributed by atoms with E-state index < -0.39 is 0 Å². The number of carbonyl (C=O) groups excluding carboxylic acids is 2. The highest BCUT2D eigenvalue weighted by atomic mass is 16.5. The maximum atomic E-state index is 11.9. The number of para-hydroxylation sites is 1. The summed E-state index contributed by atoms with van der Waals surface area (Å²) >= 11 is 0. The van der Waals surface area contributed by atoms with E-state index in [2.05, 4.69) is 15.6 Å². The van der Waals surface area contributed by atoms with Crippen LogP contribution in [0.1, 0.15) is 0 Å². The van der Waals surface area contributed by atoms with E-state index in [4.69, 9.17) is 9.47 Å². The zero-order valence-electron chi connectivity index (χ0n) is 15.0. The third kappa shape index (κ3) is 6.22. The van der Waals surface area contributed by atoms with Gasteiger partial charge in [0.05, 0.1) is 11.9 Å². The van der Waals surface area contributed by atoms with Crippen molar-refractivity contribution in [2.24, 2.45) is 0 Å². The van der Waals surface area contributed by atoms with Gasteiger partial charge in [0.25, 0.3) is 0 Å². The second-order valence-electron chi connectivity index (χ2n) is 5.77. The number of carbonyl (C=O) groups is 2. The summed E-state index contributed by atoms with van der Waals surface area (Å²) in [5.74, 6) is 0.680. The van der Waals surface area contributed by atoms with Gasteiger partial charge in [-0.25, -0.2) is 0 Å². The van der Waals surface area contributed by atoms with Gasteiger partial charge in [0.15, 0.2) is 0 Å². The van der Waals surface area contributed by atoms with Gasteiger partial charge in [-0.15, -0.1) is 0 Å². The number of aromatic nitrogens is 1. The van der Waals surface area contributed by atoms with E-state index in [1.807, 2.05) is 30.3 Å². The Morgan fingerprint density at radius 3 is 2.04 bits per heavy atom. The second kappa shape index (κ2) is 9.84. The fourth-order valence-electron chi connectivity index (χ4n) is 2.30. The predicted octanol–water partition coefficient (Wildman–Crippen LogP) is 3.47. The number of hydrogen-bond acceptors (Lipinski definition) is 5. The van der Waals surface area contributed by atoms with Crippen LogP contribution in [0, 0.1) is 0 Å². The third-order valence-electron chi connectivity index (χ3n) is 3.53. The fraction of sp³-hybridized carbons (Fsp3) is 0.0952. The van der Waals surface area contributed by atoms with Gasteiger partial charge in [-0.3, -0.25) is 14.6 Å². The summed E-state index contributed by atoms with van der Waals surface area (Å²) in [5, 5.41) is 5.31. The summed E-state index contributed by atoms with van der Waals surface area (Å²) in [4.78, 5) is 27.5. The van der Waals surface area contributed by atoms with Crippen LogP contribution in [0.15, 0.2) is 79.1 Å². The van der Waals surface area contributed by atoms with Crippen molar-refractivity contribution < 1.29 is 19.1 Å². The van der Waals surface area contributed by atoms with Crippen LogP contribution in [-0.4, -0.2) is 30.0 Å². The minimum Gasteiger partial charge on any atom is -0.457 e. The van der Waals surface area contributed by atoms with E-state index in [1.54, 1.807) is 42.6 Å². The molecule has 2 amide bonds. The van der Waals surface area contributed by atoms with Crippen LogP contribution < -0.4 is 15.4 Å². The van der Waals surface area contributed by atoms with Gasteiger partial charge in [-0.2, -0.15) is 0 Å². The molecule has 0 bridgehead atoms. The first-order valence-corrected chi connectivity index (χ1v) is 8.59. The molecular formula is C21H19N3O4. The molecule has 28 heavy (non-hydrogen) atoms. The molecule has 142 valence electrons. The van der Waals surface area contributed by atoms with Crippen LogP contribution in [0.2, 0.25) is 0 Å². The van der Waals surface area contributed by atoms with Crippen LogP contribution in [0.4, 0.5) is 11.4 Å². The molecule has 0 radical (unpaired) electrons. The molecule has 0 aliphatic rings. The number of pyridine rings is 1. The summed E-state index contributed by atoms with van der Waals surface area (Å²) in [5.41, 5.74) is 1.17. The monoisotopic (exact) mass is 377 g/mol. The number of hydrogen-bond donors (Lipinski definition) is 2. The molecule has 0 saturated heterocycles. The number of anilines is 2. The first kappa shape index (κ1) is 19.1. The summed E-state index contributed by atoms with van der Waals surface area (Å²) in [6.07, 6.45) is 3.13. The molecule has 0 atom stereocenters. The topological polar surface area (TPSA) is 89.6 Å². The maximum absolute atomic E-state index is 11.9. The quantitative estimate of drug-likeness (QED) is 0.627. The van der Waals surface area contributed by atoms with Crippen molar-refractivity contribution in [3.8, 4) is 11.5 Å². The average Bonchev–Trinajstić information content (AvgIpc) is 2.71. The molecule has 0 saturated carbocycles. The second-order valence-corrected chi connectivity index (χ2v) is 5.77. The van der Waals surface area contributed by atoms with Crippen LogP contribution in [0.25, 0.3) is 0 Å². The largest absolute Gasteiger partial charge is 0.457 e. The Hall–Kier alpha value is -3.71. The van der Waals surface area contributed by atoms with Gasteiger partial charge in [-0.1, -0.05) is 18.2 Å². The molecule has 3 rings (SSSR count). The minimum absolute atomic E-state index is 0.230. The smallest absolute Gasteiger partial charge is 0.250 e. The van der Waals surface area contributed by atoms with E-state index in [9.17, 15) is 9.59 Å². The molecule has 2 N–H and O–H groups in total. The molecule has 3 aromatic rings. The lowest BCUT2D eigenvalue weighted by atomic mass is 10.3. The lowest BCUT2D eigenvalue weighted by Crippen LogP contribution is -2.23. The summed E-state index contributed by atoms with van der Waals surface area (Å²) in [6.45, 7) is -0.463. The minimum atomic E-state index is -0.358. The lowest BCUT2D eigenvalue weighted by molar-refractivity contribution is -0.125. The normalized spacial score (nSPS) is 10.1. The third-order valence-corrected chi connectivity index (χ3v) is 3.53. The number of ether oxygens (including phenoxy) is 2. The molecule has 0 unspecified atom stereocenters. The number of nitrogens with zero attached hydrogens (tertiary/aromatic N) is 1. The van der Waals surface area contributed by atoms with Crippen molar-refractivity contribution in [3.05, 3.63) is 79.1 Å². The van der Waals surface area contributed by atoms with Gasteiger partial charge in [0.2, 0.25) is 11.8 Å². The van der Waals surface area contributed by atoms with E-state index >= 15 is 0 Å². The fourth-order valence-corrected chi connectivity index (χ4v) is 2.30. The SMILES string of the molecule is O=C(COCC(=O)Nc1cccnc1)Nc1ccc(Oc2ccccc2)cc1. The first-order valence-electron chi connectivity index (χ1n) is 8.59. The molecule has 2 aromatic carbocycles. The summed E-state index contributed by atoms with van der Waals surface area (Å²) in [6, 6.07) is 19.8. The zero-order chi connectivity index (χ0) is 19.6. The number of rotatable bonds is 8. The number of nitrogens with one attached hydrogen (secondary N) is 2. The zero-order valence-corrected chi connectivity index (χ0v) is 15.0. The van der Waals surface area contributed by atoms with Crippen molar-refractivity contribution in [3.63, 3.8) is 0 Å². The Morgan fingerprint density at radius 2 is 1.39 bits per heavy atom. The molecule has 7 nitrogen and oxygen atoms in total. The molecular weight excluding hydrogens is 358 g/mol. The maximum Gasteiger partial charge on any atom is 0.250 e. The van der Waals surface area contributed by atoms with E-state index in [0.717, 1.165) is 5.75 Å². The van der Waals surface area contributed by atoms with Gasteiger partial charge in [-0.05, 0) is 48.5 Å². The first-order chi connectivity index (χ1) is 13.7. The van der Waals surface area contributed by atoms with Crippen LogP contribution in [0.3, 0.4) is 0 Å². The van der Waals surface area contributed by atoms with E-state index in [0.29, 0.717) is 17.1 Å². The average molecular weight is 377 g/mol. The van der Waals surface area contributed by atoms with Crippen molar-refractivity contribution in [2.45, 2.75) is 0 Å². The van der Waals surface area contributed by atoms with Gasteiger partial charge in [0.1, 0.15) is 24.7 Å². The van der Waals surface area contributed by atoms with Gasteiger partial charge >= 0.3 is 0 Å².